The van der Waals surface area contributed by atoms with Crippen LogP contribution in [0.5, 0.6) is 0 Å². The first-order valence-corrected chi connectivity index (χ1v) is 4.21. The molecule has 0 aromatic heterocycles. The van der Waals surface area contributed by atoms with Crippen molar-refractivity contribution >= 4 is 21.6 Å². The van der Waals surface area contributed by atoms with Crippen LogP contribution in [0.2, 0.25) is 0 Å². The largest absolute Gasteiger partial charge is 0.398 e. The smallest absolute Gasteiger partial charge is 0.0363 e. The third kappa shape index (κ3) is 1.94. The zero-order valence-corrected chi connectivity index (χ0v) is 7.93. The zero-order valence-electron chi connectivity index (χ0n) is 6.34. The average molecular weight is 215 g/mol. The molecule has 4 N–H and O–H groups in total. The lowest BCUT2D eigenvalue weighted by molar-refractivity contribution is 0.820. The van der Waals surface area contributed by atoms with E-state index in [1.165, 1.54) is 0 Å². The van der Waals surface area contributed by atoms with Gasteiger partial charge >= 0.3 is 0 Å². The second-order valence-corrected chi connectivity index (χ2v) is 3.48. The second kappa shape index (κ2) is 3.24. The highest BCUT2D eigenvalue weighted by Gasteiger charge is 2.03. The number of anilines is 1. The van der Waals surface area contributed by atoms with Crippen LogP contribution in [0.1, 0.15) is 18.5 Å². The summed E-state index contributed by atoms with van der Waals surface area (Å²) in [5, 5.41) is 0. The highest BCUT2D eigenvalue weighted by atomic mass is 79.9. The van der Waals surface area contributed by atoms with E-state index in [0.717, 1.165) is 15.7 Å². The summed E-state index contributed by atoms with van der Waals surface area (Å²) in [6.07, 6.45) is 0. The van der Waals surface area contributed by atoms with Crippen LogP contribution in [0, 0.1) is 0 Å². The Morgan fingerprint density at radius 3 is 2.55 bits per heavy atom. The molecule has 0 bridgehead atoms. The standard InChI is InChI=1S/C8H11BrN2/c1-5(10)7-4-6(9)2-3-8(7)11/h2-5H,10-11H2,1H3. The van der Waals surface area contributed by atoms with E-state index in [4.69, 9.17) is 11.5 Å². The number of hydrogen-bond donors (Lipinski definition) is 2. The maximum absolute atomic E-state index is 5.69. The summed E-state index contributed by atoms with van der Waals surface area (Å²) < 4.78 is 1.01. The van der Waals surface area contributed by atoms with Crippen molar-refractivity contribution in [2.24, 2.45) is 5.73 Å². The number of nitrogens with two attached hydrogens (primary N) is 2. The van der Waals surface area contributed by atoms with Crippen LogP contribution in [0.15, 0.2) is 22.7 Å². The Kier molecular flexibility index (Phi) is 2.52. The third-order valence-electron chi connectivity index (χ3n) is 1.54. The fraction of sp³-hybridized carbons (Fsp3) is 0.250. The molecule has 0 radical (unpaired) electrons. The van der Waals surface area contributed by atoms with Gasteiger partial charge in [0.15, 0.2) is 0 Å². The molecule has 0 heterocycles. The van der Waals surface area contributed by atoms with Gasteiger partial charge < -0.3 is 11.5 Å². The van der Waals surface area contributed by atoms with Crippen molar-refractivity contribution in [3.8, 4) is 0 Å². The van der Waals surface area contributed by atoms with E-state index in [1.807, 2.05) is 25.1 Å². The summed E-state index contributed by atoms with van der Waals surface area (Å²) in [4.78, 5) is 0. The molecule has 11 heavy (non-hydrogen) atoms. The lowest BCUT2D eigenvalue weighted by Gasteiger charge is -2.08. The first-order chi connectivity index (χ1) is 5.11. The van der Waals surface area contributed by atoms with Gasteiger partial charge in [0.1, 0.15) is 0 Å². The van der Waals surface area contributed by atoms with Crippen LogP contribution >= 0.6 is 15.9 Å². The third-order valence-corrected chi connectivity index (χ3v) is 2.03. The van der Waals surface area contributed by atoms with Crippen molar-refractivity contribution < 1.29 is 0 Å². The molecule has 1 aromatic rings. The van der Waals surface area contributed by atoms with E-state index >= 15 is 0 Å². The summed E-state index contributed by atoms with van der Waals surface area (Å²) >= 11 is 3.35. The van der Waals surface area contributed by atoms with Crippen LogP contribution in [-0.2, 0) is 0 Å². The summed E-state index contributed by atoms with van der Waals surface area (Å²) in [5.41, 5.74) is 13.1. The van der Waals surface area contributed by atoms with Crippen molar-refractivity contribution in [3.63, 3.8) is 0 Å². The summed E-state index contributed by atoms with van der Waals surface area (Å²) in [6.45, 7) is 1.91. The lowest BCUT2D eigenvalue weighted by atomic mass is 10.1. The van der Waals surface area contributed by atoms with E-state index in [9.17, 15) is 0 Å². The normalized spacial score (nSPS) is 13.0. The van der Waals surface area contributed by atoms with Crippen molar-refractivity contribution in [1.82, 2.24) is 0 Å². The Morgan fingerprint density at radius 2 is 2.09 bits per heavy atom. The van der Waals surface area contributed by atoms with Gasteiger partial charge in [-0.1, -0.05) is 15.9 Å². The van der Waals surface area contributed by atoms with E-state index in [2.05, 4.69) is 15.9 Å². The minimum atomic E-state index is -0.00694. The number of halogens is 1. The monoisotopic (exact) mass is 214 g/mol. The second-order valence-electron chi connectivity index (χ2n) is 2.56. The maximum atomic E-state index is 5.69. The Labute approximate surface area is 74.7 Å². The Balaban J connectivity index is 3.13. The molecular weight excluding hydrogens is 204 g/mol. The van der Waals surface area contributed by atoms with Gasteiger partial charge in [0.05, 0.1) is 0 Å². The number of rotatable bonds is 1. The van der Waals surface area contributed by atoms with Gasteiger partial charge in [0, 0.05) is 16.2 Å². The predicted octanol–water partition coefficient (Wildman–Crippen LogP) is 2.05. The minimum Gasteiger partial charge on any atom is -0.398 e. The topological polar surface area (TPSA) is 52.0 Å². The van der Waals surface area contributed by atoms with Gasteiger partial charge in [0.25, 0.3) is 0 Å². The molecule has 0 fully saturated rings. The molecule has 0 aliphatic rings. The molecular formula is C8H11BrN2. The van der Waals surface area contributed by atoms with Gasteiger partial charge in [-0.2, -0.15) is 0 Å². The molecule has 0 aliphatic carbocycles. The van der Waals surface area contributed by atoms with E-state index in [0.29, 0.717) is 0 Å². The lowest BCUT2D eigenvalue weighted by Crippen LogP contribution is -2.07. The van der Waals surface area contributed by atoms with Crippen LogP contribution < -0.4 is 11.5 Å². The number of nitrogen functional groups attached to an aromatic ring is 1. The highest BCUT2D eigenvalue weighted by Crippen LogP contribution is 2.22. The van der Waals surface area contributed by atoms with Gasteiger partial charge in [-0.15, -0.1) is 0 Å². The molecule has 0 spiro atoms. The van der Waals surface area contributed by atoms with Crippen LogP contribution in [-0.4, -0.2) is 0 Å². The highest BCUT2D eigenvalue weighted by molar-refractivity contribution is 9.10. The quantitative estimate of drug-likeness (QED) is 0.704. The Hall–Kier alpha value is -0.540. The molecule has 0 aliphatic heterocycles. The Morgan fingerprint density at radius 1 is 1.45 bits per heavy atom. The first-order valence-electron chi connectivity index (χ1n) is 3.42. The van der Waals surface area contributed by atoms with Crippen LogP contribution in [0.25, 0.3) is 0 Å². The van der Waals surface area contributed by atoms with Crippen molar-refractivity contribution in [2.45, 2.75) is 13.0 Å². The number of hydrogen-bond acceptors (Lipinski definition) is 2. The molecule has 0 saturated heterocycles. The summed E-state index contributed by atoms with van der Waals surface area (Å²) in [6, 6.07) is 5.69. The van der Waals surface area contributed by atoms with E-state index in [-0.39, 0.29) is 6.04 Å². The minimum absolute atomic E-state index is 0.00694. The van der Waals surface area contributed by atoms with Crippen LogP contribution in [0.4, 0.5) is 5.69 Å². The van der Waals surface area contributed by atoms with Crippen LogP contribution in [0.3, 0.4) is 0 Å². The van der Waals surface area contributed by atoms with E-state index < -0.39 is 0 Å². The molecule has 60 valence electrons. The van der Waals surface area contributed by atoms with Crippen molar-refractivity contribution in [3.05, 3.63) is 28.2 Å². The van der Waals surface area contributed by atoms with E-state index in [1.54, 1.807) is 0 Å². The SMILES string of the molecule is CC(N)c1cc(Br)ccc1N. The molecule has 2 nitrogen and oxygen atoms in total. The molecule has 1 atom stereocenters. The maximum Gasteiger partial charge on any atom is 0.0363 e. The number of benzene rings is 1. The fourth-order valence-corrected chi connectivity index (χ4v) is 1.32. The average Bonchev–Trinajstić information content (AvgIpc) is 1.94. The molecule has 1 rings (SSSR count). The van der Waals surface area contributed by atoms with Crippen molar-refractivity contribution in [2.75, 3.05) is 5.73 Å². The predicted molar refractivity (Wildman–Crippen MR) is 51.2 cm³/mol. The molecule has 1 unspecified atom stereocenters. The van der Waals surface area contributed by atoms with Gasteiger partial charge in [0.2, 0.25) is 0 Å². The first kappa shape index (κ1) is 8.56. The Bertz CT molecular complexity index is 258. The van der Waals surface area contributed by atoms with Gasteiger partial charge in [-0.05, 0) is 30.7 Å². The molecule has 1 aromatic carbocycles. The summed E-state index contributed by atoms with van der Waals surface area (Å²) in [7, 11) is 0. The van der Waals surface area contributed by atoms with Gasteiger partial charge in [-0.3, -0.25) is 0 Å². The van der Waals surface area contributed by atoms with Gasteiger partial charge in [-0.25, -0.2) is 0 Å². The summed E-state index contributed by atoms with van der Waals surface area (Å²) in [5.74, 6) is 0. The zero-order chi connectivity index (χ0) is 8.43. The molecule has 0 amide bonds. The molecule has 0 saturated carbocycles. The molecule has 3 heteroatoms. The fourth-order valence-electron chi connectivity index (χ4n) is 0.940. The van der Waals surface area contributed by atoms with Crippen molar-refractivity contribution in [1.29, 1.82) is 0 Å².